The van der Waals surface area contributed by atoms with Crippen molar-refractivity contribution in [2.45, 2.75) is 70.1 Å². The molecule has 12 rings (SSSR count). The van der Waals surface area contributed by atoms with Crippen LogP contribution in [0.4, 0.5) is 17.1 Å². The number of aryl methyl sites for hydroxylation is 1. The molecule has 7 aromatic carbocycles. The molecule has 4 fully saturated rings. The molecule has 0 aromatic heterocycles. The first-order valence-electron chi connectivity index (χ1n) is 20.7. The van der Waals surface area contributed by atoms with Crippen LogP contribution in [-0.2, 0) is 10.8 Å². The highest BCUT2D eigenvalue weighted by molar-refractivity contribution is 6.00. The summed E-state index contributed by atoms with van der Waals surface area (Å²) in [5, 5.41) is 2.52. The predicted molar refractivity (Wildman–Crippen MR) is 232 cm³/mol. The molecule has 0 N–H and O–H groups in total. The summed E-state index contributed by atoms with van der Waals surface area (Å²) < 4.78 is 0. The van der Waals surface area contributed by atoms with Crippen molar-refractivity contribution in [1.29, 1.82) is 0 Å². The zero-order valence-electron chi connectivity index (χ0n) is 32.4. The van der Waals surface area contributed by atoms with Gasteiger partial charge >= 0.3 is 0 Å². The Labute approximate surface area is 326 Å². The van der Waals surface area contributed by atoms with Crippen molar-refractivity contribution >= 4 is 27.8 Å². The lowest BCUT2D eigenvalue weighted by molar-refractivity contribution is -0.00518. The quantitative estimate of drug-likeness (QED) is 0.166. The van der Waals surface area contributed by atoms with Crippen molar-refractivity contribution in [3.63, 3.8) is 0 Å². The number of hydrogen-bond acceptors (Lipinski definition) is 1. The lowest BCUT2D eigenvalue weighted by Crippen LogP contribution is -2.48. The van der Waals surface area contributed by atoms with Gasteiger partial charge in [-0.25, -0.2) is 0 Å². The number of benzene rings is 7. The summed E-state index contributed by atoms with van der Waals surface area (Å²) >= 11 is 0. The molecule has 55 heavy (non-hydrogen) atoms. The average molecular weight is 712 g/mol. The second-order valence-electron chi connectivity index (χ2n) is 18.1. The Bertz CT molecular complexity index is 2570. The fourth-order valence-corrected chi connectivity index (χ4v) is 12.1. The summed E-state index contributed by atoms with van der Waals surface area (Å²) in [5.74, 6) is 2.79. The van der Waals surface area contributed by atoms with Crippen LogP contribution in [0.15, 0.2) is 152 Å². The summed E-state index contributed by atoms with van der Waals surface area (Å²) in [7, 11) is 0. The van der Waals surface area contributed by atoms with Gasteiger partial charge in [-0.15, -0.1) is 0 Å². The van der Waals surface area contributed by atoms with Gasteiger partial charge in [-0.2, -0.15) is 0 Å². The van der Waals surface area contributed by atoms with Crippen LogP contribution in [0.3, 0.4) is 0 Å². The smallest absolute Gasteiger partial charge is 0.0546 e. The van der Waals surface area contributed by atoms with Gasteiger partial charge in [0.1, 0.15) is 0 Å². The van der Waals surface area contributed by atoms with Crippen molar-refractivity contribution in [2.75, 3.05) is 4.90 Å². The molecular formula is C54H49N. The number of nitrogens with zero attached hydrogens (tertiary/aromatic N) is 1. The third-order valence-corrected chi connectivity index (χ3v) is 14.3. The van der Waals surface area contributed by atoms with E-state index in [1.165, 1.54) is 116 Å². The summed E-state index contributed by atoms with van der Waals surface area (Å²) in [6, 6.07) is 57.6. The molecule has 0 saturated heterocycles. The summed E-state index contributed by atoms with van der Waals surface area (Å²) in [6.07, 6.45) is 8.57. The largest absolute Gasteiger partial charge is 0.310 e. The van der Waals surface area contributed by atoms with Gasteiger partial charge in [-0.3, -0.25) is 0 Å². The highest BCUT2D eigenvalue weighted by atomic mass is 15.1. The average Bonchev–Trinajstić information content (AvgIpc) is 3.43. The molecule has 7 aromatic rings. The molecule has 5 aliphatic carbocycles. The summed E-state index contributed by atoms with van der Waals surface area (Å²) in [5.41, 5.74) is 17.3. The Morgan fingerprint density at radius 1 is 0.491 bits per heavy atom. The first-order chi connectivity index (χ1) is 26.8. The van der Waals surface area contributed by atoms with Crippen molar-refractivity contribution in [1.82, 2.24) is 0 Å². The highest BCUT2D eigenvalue weighted by Gasteiger charge is 2.51. The number of anilines is 3. The molecule has 0 unspecified atom stereocenters. The Balaban J connectivity index is 1.11. The minimum Gasteiger partial charge on any atom is -0.310 e. The second-order valence-corrected chi connectivity index (χ2v) is 18.1. The van der Waals surface area contributed by atoms with Crippen molar-refractivity contribution in [2.24, 2.45) is 17.8 Å². The fourth-order valence-electron chi connectivity index (χ4n) is 12.1. The van der Waals surface area contributed by atoms with E-state index in [2.05, 4.69) is 177 Å². The molecule has 0 atom stereocenters. The van der Waals surface area contributed by atoms with E-state index in [4.69, 9.17) is 0 Å². The SMILES string of the molecule is Cc1ccccc1-c1cc2ccccc2cc1N(c1ccc(C23CC4CC(CC(C4)C2)C3)cc1)c1ccc2c(c1)C(C)(C)c1cccc(-c3ccccc3)c1-2. The van der Waals surface area contributed by atoms with Crippen molar-refractivity contribution < 1.29 is 0 Å². The molecule has 1 nitrogen and oxygen atoms in total. The Kier molecular flexibility index (Phi) is 7.38. The summed E-state index contributed by atoms with van der Waals surface area (Å²) in [4.78, 5) is 2.56. The van der Waals surface area contributed by atoms with Gasteiger partial charge in [-0.05, 0) is 166 Å². The lowest BCUT2D eigenvalue weighted by Gasteiger charge is -2.57. The Morgan fingerprint density at radius 3 is 1.82 bits per heavy atom. The molecule has 270 valence electrons. The molecule has 4 saturated carbocycles. The van der Waals surface area contributed by atoms with E-state index in [0.29, 0.717) is 5.41 Å². The first-order valence-corrected chi connectivity index (χ1v) is 20.7. The minimum absolute atomic E-state index is 0.151. The molecule has 0 aliphatic heterocycles. The van der Waals surface area contributed by atoms with Gasteiger partial charge < -0.3 is 4.90 Å². The molecule has 0 amide bonds. The molecule has 5 aliphatic rings. The van der Waals surface area contributed by atoms with Gasteiger partial charge in [0, 0.05) is 22.4 Å². The highest BCUT2D eigenvalue weighted by Crippen LogP contribution is 2.61. The van der Waals surface area contributed by atoms with Crippen LogP contribution in [0.2, 0.25) is 0 Å². The van der Waals surface area contributed by atoms with Crippen LogP contribution in [0.5, 0.6) is 0 Å². The number of fused-ring (bicyclic) bond motifs is 4. The van der Waals surface area contributed by atoms with Crippen molar-refractivity contribution in [3.8, 4) is 33.4 Å². The van der Waals surface area contributed by atoms with Crippen LogP contribution in [0.25, 0.3) is 44.2 Å². The maximum absolute atomic E-state index is 2.56. The molecule has 0 radical (unpaired) electrons. The fraction of sp³-hybridized carbons (Fsp3) is 0.259. The molecule has 0 heterocycles. The number of hydrogen-bond donors (Lipinski definition) is 0. The van der Waals surface area contributed by atoms with Gasteiger partial charge in [0.05, 0.1) is 5.69 Å². The normalized spacial score (nSPS) is 22.8. The maximum Gasteiger partial charge on any atom is 0.0546 e. The van der Waals surface area contributed by atoms with Gasteiger partial charge in [0.25, 0.3) is 0 Å². The maximum atomic E-state index is 2.56. The van der Waals surface area contributed by atoms with Gasteiger partial charge in [0.2, 0.25) is 0 Å². The van der Waals surface area contributed by atoms with E-state index in [-0.39, 0.29) is 5.41 Å². The van der Waals surface area contributed by atoms with E-state index in [0.717, 1.165) is 17.8 Å². The van der Waals surface area contributed by atoms with Gasteiger partial charge in [0.15, 0.2) is 0 Å². The first kappa shape index (κ1) is 33.0. The standard InChI is InChI=1S/C54H49N/c1-35-12-7-10-17-45(35)48-29-40-15-8-9-16-41(40)30-51(48)55(43-22-20-42(21-23-43)54-32-36-26-37(33-54)28-38(27-36)34-54)44-24-25-47-50(31-44)53(2,3)49-19-11-18-46(52(47)49)39-13-5-4-6-14-39/h4-25,29-31,36-38H,26-28,32-34H2,1-3H3. The molecular weight excluding hydrogens is 663 g/mol. The zero-order valence-corrected chi connectivity index (χ0v) is 32.4. The monoisotopic (exact) mass is 711 g/mol. The third kappa shape index (κ3) is 5.19. The topological polar surface area (TPSA) is 3.24 Å². The predicted octanol–water partition coefficient (Wildman–Crippen LogP) is 14.7. The van der Waals surface area contributed by atoms with Crippen LogP contribution in [-0.4, -0.2) is 0 Å². The van der Waals surface area contributed by atoms with E-state index >= 15 is 0 Å². The lowest BCUT2D eigenvalue weighted by atomic mass is 9.48. The molecule has 0 spiro atoms. The van der Waals surface area contributed by atoms with E-state index < -0.39 is 0 Å². The van der Waals surface area contributed by atoms with Gasteiger partial charge in [-0.1, -0.05) is 129 Å². The Morgan fingerprint density at radius 2 is 1.11 bits per heavy atom. The zero-order chi connectivity index (χ0) is 36.9. The second kappa shape index (κ2) is 12.3. The van der Waals surface area contributed by atoms with Crippen LogP contribution in [0, 0.1) is 24.7 Å². The third-order valence-electron chi connectivity index (χ3n) is 14.3. The van der Waals surface area contributed by atoms with E-state index in [9.17, 15) is 0 Å². The van der Waals surface area contributed by atoms with E-state index in [1.807, 2.05) is 0 Å². The Hall–Kier alpha value is -5.40. The minimum atomic E-state index is -0.151. The van der Waals surface area contributed by atoms with Crippen LogP contribution < -0.4 is 4.90 Å². The van der Waals surface area contributed by atoms with Crippen molar-refractivity contribution in [3.05, 3.63) is 174 Å². The van der Waals surface area contributed by atoms with E-state index in [1.54, 1.807) is 5.56 Å². The summed E-state index contributed by atoms with van der Waals surface area (Å²) in [6.45, 7) is 7.07. The van der Waals surface area contributed by atoms with Crippen LogP contribution in [0.1, 0.15) is 74.6 Å². The molecule has 1 heteroatoms. The number of rotatable bonds is 6. The van der Waals surface area contributed by atoms with Crippen LogP contribution >= 0.6 is 0 Å². The molecule has 4 bridgehead atoms.